The maximum atomic E-state index is 12.5. The Morgan fingerprint density at radius 1 is 1.30 bits per heavy atom. The van der Waals surface area contributed by atoms with Gasteiger partial charge in [0.25, 0.3) is 5.91 Å². The molecule has 126 valence electrons. The van der Waals surface area contributed by atoms with Crippen LogP contribution in [-0.4, -0.2) is 33.0 Å². The van der Waals surface area contributed by atoms with Gasteiger partial charge in [-0.15, -0.1) is 0 Å². The third-order valence-electron chi connectivity index (χ3n) is 4.14. The molecule has 1 amide bonds. The van der Waals surface area contributed by atoms with E-state index in [-0.39, 0.29) is 16.6 Å². The van der Waals surface area contributed by atoms with Gasteiger partial charge < -0.3 is 10.4 Å². The fourth-order valence-corrected chi connectivity index (χ4v) is 3.01. The van der Waals surface area contributed by atoms with Crippen LogP contribution in [0.4, 0.5) is 0 Å². The fraction of sp³-hybridized carbons (Fsp3) is 0.625. The molecule has 0 aliphatic heterocycles. The van der Waals surface area contributed by atoms with E-state index in [4.69, 9.17) is 11.6 Å². The minimum absolute atomic E-state index is 0.0727. The largest absolute Gasteiger partial charge is 0.481 e. The molecular formula is C16H22ClN3O3. The van der Waals surface area contributed by atoms with Crippen molar-refractivity contribution in [1.29, 1.82) is 0 Å². The van der Waals surface area contributed by atoms with Crippen molar-refractivity contribution in [2.45, 2.75) is 57.9 Å². The molecule has 1 saturated carbocycles. The second kappa shape index (κ2) is 7.73. The van der Waals surface area contributed by atoms with Crippen molar-refractivity contribution < 1.29 is 14.7 Å². The molecule has 0 bridgehead atoms. The van der Waals surface area contributed by atoms with Crippen LogP contribution < -0.4 is 5.32 Å². The van der Waals surface area contributed by atoms with Crippen LogP contribution in [0.3, 0.4) is 0 Å². The molecule has 1 heterocycles. The van der Waals surface area contributed by atoms with Gasteiger partial charge in [0.05, 0.1) is 17.1 Å². The number of aromatic nitrogens is 2. The maximum Gasteiger partial charge on any atom is 0.308 e. The van der Waals surface area contributed by atoms with Gasteiger partial charge >= 0.3 is 5.97 Å². The van der Waals surface area contributed by atoms with Crippen molar-refractivity contribution in [2.24, 2.45) is 5.92 Å². The number of aliphatic carboxylic acids is 1. The first-order chi connectivity index (χ1) is 10.9. The third-order valence-corrected chi connectivity index (χ3v) is 4.42. The summed E-state index contributed by atoms with van der Waals surface area (Å²) in [5.74, 6) is -1.25. The van der Waals surface area contributed by atoms with E-state index < -0.39 is 23.8 Å². The molecule has 2 atom stereocenters. The van der Waals surface area contributed by atoms with Gasteiger partial charge in [-0.3, -0.25) is 9.59 Å². The highest BCUT2D eigenvalue weighted by atomic mass is 35.5. The number of rotatable bonds is 4. The van der Waals surface area contributed by atoms with Gasteiger partial charge in [-0.05, 0) is 12.8 Å². The fourth-order valence-electron chi connectivity index (χ4n) is 2.83. The van der Waals surface area contributed by atoms with E-state index in [2.05, 4.69) is 15.3 Å². The standard InChI is InChI=1S/C16H22ClN3O3/c1-9(2)14-18-8-11(17)13(20-14)15(21)19-12-7-5-3-4-6-10(12)16(22)23/h8-10,12H,3-7H2,1-2H3,(H,19,21)(H,22,23). The zero-order valence-electron chi connectivity index (χ0n) is 13.4. The van der Waals surface area contributed by atoms with Crippen LogP contribution >= 0.6 is 11.6 Å². The van der Waals surface area contributed by atoms with E-state index in [1.165, 1.54) is 6.20 Å². The van der Waals surface area contributed by atoms with Crippen molar-refractivity contribution in [3.05, 3.63) is 22.7 Å². The third kappa shape index (κ3) is 4.41. The molecular weight excluding hydrogens is 318 g/mol. The Bertz CT molecular complexity index is 592. The first-order valence-corrected chi connectivity index (χ1v) is 8.34. The van der Waals surface area contributed by atoms with Crippen molar-refractivity contribution in [2.75, 3.05) is 0 Å². The van der Waals surface area contributed by atoms with E-state index >= 15 is 0 Å². The van der Waals surface area contributed by atoms with E-state index in [9.17, 15) is 14.7 Å². The number of hydrogen-bond acceptors (Lipinski definition) is 4. The molecule has 1 fully saturated rings. The molecule has 6 nitrogen and oxygen atoms in total. The van der Waals surface area contributed by atoms with Crippen LogP contribution in [-0.2, 0) is 4.79 Å². The van der Waals surface area contributed by atoms with Crippen LogP contribution in [0.5, 0.6) is 0 Å². The SMILES string of the molecule is CC(C)c1ncc(Cl)c(C(=O)NC2CCCCCC2C(=O)O)n1. The van der Waals surface area contributed by atoms with Crippen molar-refractivity contribution in [3.8, 4) is 0 Å². The lowest BCUT2D eigenvalue weighted by atomic mass is 9.95. The Morgan fingerprint density at radius 2 is 2.00 bits per heavy atom. The number of nitrogens with one attached hydrogen (secondary N) is 1. The smallest absolute Gasteiger partial charge is 0.308 e. The summed E-state index contributed by atoms with van der Waals surface area (Å²) in [6.45, 7) is 3.85. The van der Waals surface area contributed by atoms with Crippen LogP contribution in [0, 0.1) is 5.92 Å². The number of halogens is 1. The first kappa shape index (κ1) is 17.7. The quantitative estimate of drug-likeness (QED) is 0.822. The van der Waals surface area contributed by atoms with Gasteiger partial charge in [0.15, 0.2) is 0 Å². The molecule has 1 aromatic rings. The average molecular weight is 340 g/mol. The lowest BCUT2D eigenvalue weighted by molar-refractivity contribution is -0.142. The van der Waals surface area contributed by atoms with Gasteiger partial charge in [-0.25, -0.2) is 9.97 Å². The average Bonchev–Trinajstić information content (AvgIpc) is 2.72. The molecule has 23 heavy (non-hydrogen) atoms. The summed E-state index contributed by atoms with van der Waals surface area (Å²) < 4.78 is 0. The minimum atomic E-state index is -0.867. The minimum Gasteiger partial charge on any atom is -0.481 e. The zero-order valence-corrected chi connectivity index (χ0v) is 14.1. The summed E-state index contributed by atoms with van der Waals surface area (Å²) in [5, 5.41) is 12.4. The molecule has 0 spiro atoms. The number of hydrogen-bond donors (Lipinski definition) is 2. The molecule has 2 N–H and O–H groups in total. The van der Waals surface area contributed by atoms with Crippen LogP contribution in [0.2, 0.25) is 5.02 Å². The first-order valence-electron chi connectivity index (χ1n) is 7.96. The van der Waals surface area contributed by atoms with Crippen molar-refractivity contribution >= 4 is 23.5 Å². The molecule has 0 saturated heterocycles. The summed E-state index contributed by atoms with van der Waals surface area (Å²) in [6, 6.07) is -0.393. The molecule has 7 heteroatoms. The highest BCUT2D eigenvalue weighted by Crippen LogP contribution is 2.25. The topological polar surface area (TPSA) is 92.2 Å². The number of carbonyl (C=O) groups excluding carboxylic acids is 1. The molecule has 1 aliphatic carbocycles. The number of carboxylic acids is 1. The normalized spacial score (nSPS) is 21.7. The number of carbonyl (C=O) groups is 2. The Kier molecular flexibility index (Phi) is 5.93. The van der Waals surface area contributed by atoms with E-state index in [1.807, 2.05) is 13.8 Å². The molecule has 1 aromatic heterocycles. The van der Waals surface area contributed by atoms with Crippen molar-refractivity contribution in [1.82, 2.24) is 15.3 Å². The van der Waals surface area contributed by atoms with Crippen LogP contribution in [0.1, 0.15) is 68.2 Å². The highest BCUT2D eigenvalue weighted by molar-refractivity contribution is 6.33. The lowest BCUT2D eigenvalue weighted by Crippen LogP contribution is -2.43. The van der Waals surface area contributed by atoms with Gasteiger partial charge in [0.1, 0.15) is 11.5 Å². The molecule has 2 rings (SSSR count). The van der Waals surface area contributed by atoms with Gasteiger partial charge in [-0.2, -0.15) is 0 Å². The number of carboxylic acid groups (broad SMARTS) is 1. The van der Waals surface area contributed by atoms with Gasteiger partial charge in [0.2, 0.25) is 0 Å². The maximum absolute atomic E-state index is 12.5. The van der Waals surface area contributed by atoms with Crippen molar-refractivity contribution in [3.63, 3.8) is 0 Å². The Labute approximate surface area is 140 Å². The van der Waals surface area contributed by atoms with Crippen LogP contribution in [0.25, 0.3) is 0 Å². The predicted octanol–water partition coefficient (Wildman–Crippen LogP) is 3.02. The summed E-state index contributed by atoms with van der Waals surface area (Å²) in [5.41, 5.74) is 0.110. The molecule has 0 aromatic carbocycles. The Balaban J connectivity index is 2.19. The Hall–Kier alpha value is -1.69. The predicted molar refractivity (Wildman–Crippen MR) is 86.6 cm³/mol. The number of amides is 1. The summed E-state index contributed by atoms with van der Waals surface area (Å²) in [7, 11) is 0. The van der Waals surface area contributed by atoms with E-state index in [0.29, 0.717) is 18.7 Å². The van der Waals surface area contributed by atoms with Gasteiger partial charge in [-0.1, -0.05) is 44.7 Å². The summed E-state index contributed by atoms with van der Waals surface area (Å²) in [4.78, 5) is 32.3. The summed E-state index contributed by atoms with van der Waals surface area (Å²) >= 11 is 6.04. The Morgan fingerprint density at radius 3 is 2.65 bits per heavy atom. The second-order valence-corrected chi connectivity index (χ2v) is 6.65. The zero-order chi connectivity index (χ0) is 17.0. The van der Waals surface area contributed by atoms with Crippen LogP contribution in [0.15, 0.2) is 6.20 Å². The van der Waals surface area contributed by atoms with E-state index in [1.54, 1.807) is 0 Å². The lowest BCUT2D eigenvalue weighted by Gasteiger charge is -2.23. The molecule has 1 aliphatic rings. The highest BCUT2D eigenvalue weighted by Gasteiger charge is 2.31. The van der Waals surface area contributed by atoms with E-state index in [0.717, 1.165) is 19.3 Å². The molecule has 0 radical (unpaired) electrons. The van der Waals surface area contributed by atoms with Gasteiger partial charge in [0, 0.05) is 12.0 Å². The second-order valence-electron chi connectivity index (χ2n) is 6.24. The summed E-state index contributed by atoms with van der Waals surface area (Å²) in [6.07, 6.45) is 5.42. The number of nitrogens with zero attached hydrogens (tertiary/aromatic N) is 2. The monoisotopic (exact) mass is 339 g/mol. The molecule has 2 unspecified atom stereocenters.